The second-order valence-electron chi connectivity index (χ2n) is 13.4. The highest BCUT2D eigenvalue weighted by Crippen LogP contribution is 2.39. The Morgan fingerprint density at radius 3 is 2.40 bits per heavy atom. The van der Waals surface area contributed by atoms with Gasteiger partial charge in [0.05, 0.1) is 23.7 Å². The molecule has 13 heteroatoms. The van der Waals surface area contributed by atoms with E-state index in [1.54, 1.807) is 20.8 Å². The maximum atomic E-state index is 13.5. The molecular formula is C35H47F3N6O4. The first-order chi connectivity index (χ1) is 22.5. The molecule has 2 aromatic carbocycles. The Hall–Kier alpha value is -4.29. The number of carbonyl (C=O) groups excluding carboxylic acids is 2. The Morgan fingerprint density at radius 1 is 1.04 bits per heavy atom. The van der Waals surface area contributed by atoms with Gasteiger partial charge in [-0.2, -0.15) is 13.2 Å². The molecule has 1 atom stereocenters. The number of carbonyl (C=O) groups is 2. The van der Waals surface area contributed by atoms with Crippen LogP contribution in [0.5, 0.6) is 5.75 Å². The highest BCUT2D eigenvalue weighted by Gasteiger charge is 2.32. The van der Waals surface area contributed by atoms with Gasteiger partial charge in [0, 0.05) is 43.7 Å². The Morgan fingerprint density at radius 2 is 1.75 bits per heavy atom. The van der Waals surface area contributed by atoms with Crippen molar-refractivity contribution >= 4 is 34.4 Å². The lowest BCUT2D eigenvalue weighted by atomic mass is 9.88. The average molecular weight is 673 g/mol. The molecular weight excluding hydrogens is 625 g/mol. The van der Waals surface area contributed by atoms with Crippen LogP contribution in [0.15, 0.2) is 30.3 Å². The van der Waals surface area contributed by atoms with Gasteiger partial charge in [-0.1, -0.05) is 0 Å². The van der Waals surface area contributed by atoms with Crippen molar-refractivity contribution in [2.75, 3.05) is 37.3 Å². The number of likely N-dealkylation sites (tertiary alicyclic amines) is 1. The summed E-state index contributed by atoms with van der Waals surface area (Å²) in [6, 6.07) is 6.91. The maximum absolute atomic E-state index is 13.5. The van der Waals surface area contributed by atoms with Gasteiger partial charge in [0.2, 0.25) is 5.91 Å². The zero-order valence-electron chi connectivity index (χ0n) is 28.6. The van der Waals surface area contributed by atoms with Crippen LogP contribution in [0.3, 0.4) is 0 Å². The molecule has 262 valence electrons. The summed E-state index contributed by atoms with van der Waals surface area (Å²) < 4.78 is 52.2. The van der Waals surface area contributed by atoms with Gasteiger partial charge < -0.3 is 30.7 Å². The number of hydrogen-bond donors (Lipinski definition) is 3. The number of alkyl halides is 3. The summed E-state index contributed by atoms with van der Waals surface area (Å²) in [5, 5.41) is 6.80. The maximum Gasteiger partial charge on any atom is 0.416 e. The van der Waals surface area contributed by atoms with E-state index in [0.29, 0.717) is 54.7 Å². The monoisotopic (exact) mass is 672 g/mol. The molecule has 1 saturated heterocycles. The first-order valence-electron chi connectivity index (χ1n) is 16.4. The number of anilines is 2. The molecule has 0 spiro atoms. The summed E-state index contributed by atoms with van der Waals surface area (Å²) in [5.74, 6) is 1.86. The van der Waals surface area contributed by atoms with Crippen molar-refractivity contribution in [2.45, 2.75) is 97.4 Å². The fourth-order valence-corrected chi connectivity index (χ4v) is 5.82. The highest BCUT2D eigenvalue weighted by molar-refractivity contribution is 5.91. The molecule has 48 heavy (non-hydrogen) atoms. The number of unbranched alkanes of at least 4 members (excludes halogenated alkanes) is 2. The number of amides is 2. The number of aromatic nitrogens is 2. The number of nitrogens with zero attached hydrogens (tertiary/aromatic N) is 3. The third-order valence-electron chi connectivity index (χ3n) is 8.22. The van der Waals surface area contributed by atoms with E-state index in [2.05, 4.69) is 20.6 Å². The van der Waals surface area contributed by atoms with Crippen LogP contribution >= 0.6 is 0 Å². The number of halogens is 3. The van der Waals surface area contributed by atoms with Crippen molar-refractivity contribution in [3.8, 4) is 5.75 Å². The molecule has 1 unspecified atom stereocenters. The van der Waals surface area contributed by atoms with Gasteiger partial charge in [0.25, 0.3) is 0 Å². The molecule has 1 aliphatic rings. The van der Waals surface area contributed by atoms with E-state index in [0.717, 1.165) is 55.2 Å². The lowest BCUT2D eigenvalue weighted by Crippen LogP contribution is -2.36. The van der Waals surface area contributed by atoms with Crippen LogP contribution in [0.4, 0.5) is 29.5 Å². The lowest BCUT2D eigenvalue weighted by molar-refractivity contribution is -0.137. The van der Waals surface area contributed by atoms with Crippen LogP contribution in [-0.4, -0.2) is 58.7 Å². The summed E-state index contributed by atoms with van der Waals surface area (Å²) in [7, 11) is 0. The highest BCUT2D eigenvalue weighted by atomic mass is 19.4. The minimum absolute atomic E-state index is 0.0254. The molecule has 2 amide bonds. The predicted molar refractivity (Wildman–Crippen MR) is 180 cm³/mol. The first kappa shape index (κ1) is 36.5. The lowest BCUT2D eigenvalue weighted by Gasteiger charge is -2.32. The second-order valence-corrected chi connectivity index (χ2v) is 13.4. The standard InChI is InChI=1S/C35H47F3N6O4/c1-21(25-16-26(35(36,37)38)18-27(39)17-25)41-32-29-19-28(24-10-13-44(14-11-24)23(3)45)31(20-30(29)42-22(2)43-32)47-15-9-7-8-12-40-33(46)48-34(4,5)6/h16-21,24H,7-15,39H2,1-6H3,(H,40,46)(H,41,42,43). The first-order valence-corrected chi connectivity index (χ1v) is 16.4. The fraction of sp³-hybridized carbons (Fsp3) is 0.543. The molecule has 10 nitrogen and oxygen atoms in total. The number of alkyl carbamates (subject to hydrolysis) is 1. The smallest absolute Gasteiger partial charge is 0.416 e. The van der Waals surface area contributed by atoms with Crippen molar-refractivity contribution in [1.29, 1.82) is 0 Å². The van der Waals surface area contributed by atoms with Crippen LogP contribution in [0.2, 0.25) is 0 Å². The van der Waals surface area contributed by atoms with Gasteiger partial charge in [-0.3, -0.25) is 4.79 Å². The average Bonchev–Trinajstić information content (AvgIpc) is 2.98. The van der Waals surface area contributed by atoms with Gasteiger partial charge in [0.15, 0.2) is 0 Å². The van der Waals surface area contributed by atoms with Gasteiger partial charge in [-0.15, -0.1) is 0 Å². The number of nitrogen functional groups attached to an aromatic ring is 1. The summed E-state index contributed by atoms with van der Waals surface area (Å²) in [4.78, 5) is 35.0. The van der Waals surface area contributed by atoms with Gasteiger partial charge >= 0.3 is 12.3 Å². The number of piperidine rings is 1. The Balaban J connectivity index is 1.55. The van der Waals surface area contributed by atoms with Crippen LogP contribution in [0.25, 0.3) is 10.9 Å². The normalized spacial score (nSPS) is 14.9. The van der Waals surface area contributed by atoms with Crippen molar-refractivity contribution in [3.05, 3.63) is 52.8 Å². The number of nitrogens with two attached hydrogens (primary N) is 1. The van der Waals surface area contributed by atoms with E-state index < -0.39 is 29.5 Å². The number of ether oxygens (including phenoxy) is 2. The molecule has 0 aliphatic carbocycles. The second kappa shape index (κ2) is 15.3. The SMILES string of the molecule is CC(=O)N1CCC(c2cc3c(NC(C)c4cc(N)cc(C(F)(F)F)c4)nc(C)nc3cc2OCCCCCNC(=O)OC(C)(C)C)CC1. The van der Waals surface area contributed by atoms with Crippen LogP contribution in [0.1, 0.15) is 101 Å². The molecule has 0 saturated carbocycles. The van der Waals surface area contributed by atoms with E-state index in [9.17, 15) is 22.8 Å². The predicted octanol–water partition coefficient (Wildman–Crippen LogP) is 7.51. The number of fused-ring (bicyclic) bond motifs is 1. The van der Waals surface area contributed by atoms with Crippen LogP contribution in [0, 0.1) is 6.92 Å². The molecule has 1 aliphatic heterocycles. The van der Waals surface area contributed by atoms with Crippen LogP contribution < -0.4 is 21.1 Å². The summed E-state index contributed by atoms with van der Waals surface area (Å²) >= 11 is 0. The largest absolute Gasteiger partial charge is 0.493 e. The minimum Gasteiger partial charge on any atom is -0.493 e. The van der Waals surface area contributed by atoms with E-state index in [1.807, 2.05) is 37.8 Å². The third-order valence-corrected chi connectivity index (χ3v) is 8.22. The molecule has 4 rings (SSSR count). The van der Waals surface area contributed by atoms with Gasteiger partial charge in [-0.25, -0.2) is 14.8 Å². The number of nitrogens with one attached hydrogen (secondary N) is 2. The molecule has 1 aromatic heterocycles. The number of hydrogen-bond acceptors (Lipinski definition) is 8. The summed E-state index contributed by atoms with van der Waals surface area (Å²) in [6.45, 7) is 12.8. The Labute approximate surface area is 280 Å². The van der Waals surface area contributed by atoms with Crippen molar-refractivity contribution in [1.82, 2.24) is 20.2 Å². The Bertz CT molecular complexity index is 1600. The van der Waals surface area contributed by atoms with E-state index in [1.165, 1.54) is 6.07 Å². The molecule has 1 fully saturated rings. The van der Waals surface area contributed by atoms with Gasteiger partial charge in [-0.05, 0) is 108 Å². The van der Waals surface area contributed by atoms with E-state index in [-0.39, 0.29) is 17.5 Å². The molecule has 4 N–H and O–H groups in total. The molecule has 0 radical (unpaired) electrons. The zero-order chi connectivity index (χ0) is 35.2. The van der Waals surface area contributed by atoms with Crippen molar-refractivity contribution in [3.63, 3.8) is 0 Å². The molecule has 0 bridgehead atoms. The van der Waals surface area contributed by atoms with Crippen molar-refractivity contribution < 1.29 is 32.2 Å². The number of aryl methyl sites for hydroxylation is 1. The van der Waals surface area contributed by atoms with Crippen LogP contribution in [-0.2, 0) is 15.7 Å². The summed E-state index contributed by atoms with van der Waals surface area (Å²) in [6.07, 6.45) is -1.07. The topological polar surface area (TPSA) is 132 Å². The molecule has 3 aromatic rings. The third kappa shape index (κ3) is 10.1. The number of benzene rings is 2. The summed E-state index contributed by atoms with van der Waals surface area (Å²) in [5.41, 5.74) is 6.51. The zero-order valence-corrected chi connectivity index (χ0v) is 28.6. The van der Waals surface area contributed by atoms with Gasteiger partial charge in [0.1, 0.15) is 23.0 Å². The van der Waals surface area contributed by atoms with E-state index >= 15 is 0 Å². The molecule has 2 heterocycles. The van der Waals surface area contributed by atoms with Crippen molar-refractivity contribution in [2.24, 2.45) is 0 Å². The minimum atomic E-state index is -4.53. The fourth-order valence-electron chi connectivity index (χ4n) is 5.82. The number of rotatable bonds is 11. The Kier molecular flexibility index (Phi) is 11.6. The quantitative estimate of drug-likeness (QED) is 0.141. The van der Waals surface area contributed by atoms with E-state index in [4.69, 9.17) is 15.2 Å².